The summed E-state index contributed by atoms with van der Waals surface area (Å²) in [7, 11) is 0. The fourth-order valence-electron chi connectivity index (χ4n) is 1.28. The minimum atomic E-state index is -1.20. The summed E-state index contributed by atoms with van der Waals surface area (Å²) in [6.07, 6.45) is -0.153. The molecule has 0 radical (unpaired) electrons. The Kier molecular flexibility index (Phi) is 13.0. The molecule has 0 amide bonds. The van der Waals surface area contributed by atoms with Gasteiger partial charge in [-0.3, -0.25) is 0 Å². The summed E-state index contributed by atoms with van der Waals surface area (Å²) in [5, 5.41) is 62.8. The van der Waals surface area contributed by atoms with Crippen LogP contribution >= 0.6 is 0 Å². The molecule has 1 atom stereocenters. The standard InChI is InChI=1S/C11H24O7.C3H4O2/c1-9(17)11(5-15,6-16)8-18-7-10(2-12,3-13)4-14;1-2-3(4)5/h9,12-17H,2-8H2,1H3;2H,1H2,(H,4,5). The van der Waals surface area contributed by atoms with Crippen LogP contribution in [0.5, 0.6) is 0 Å². The van der Waals surface area contributed by atoms with Gasteiger partial charge in [0.05, 0.1) is 63.2 Å². The van der Waals surface area contributed by atoms with Crippen molar-refractivity contribution in [1.82, 2.24) is 0 Å². The first kappa shape index (κ1) is 24.2. The average molecular weight is 340 g/mol. The van der Waals surface area contributed by atoms with Crippen LogP contribution in [0.4, 0.5) is 0 Å². The van der Waals surface area contributed by atoms with Gasteiger partial charge in [0.25, 0.3) is 0 Å². The Morgan fingerprint density at radius 2 is 1.43 bits per heavy atom. The first-order valence-corrected chi connectivity index (χ1v) is 6.88. The number of ether oxygens (including phenoxy) is 1. The highest BCUT2D eigenvalue weighted by Crippen LogP contribution is 2.23. The van der Waals surface area contributed by atoms with Gasteiger partial charge in [0, 0.05) is 6.08 Å². The van der Waals surface area contributed by atoms with E-state index >= 15 is 0 Å². The molecule has 0 aromatic heterocycles. The Balaban J connectivity index is 0. The normalized spacial score (nSPS) is 13.0. The van der Waals surface area contributed by atoms with Gasteiger partial charge in [0.2, 0.25) is 0 Å². The smallest absolute Gasteiger partial charge is 0.327 e. The van der Waals surface area contributed by atoms with Gasteiger partial charge in [-0.15, -0.1) is 0 Å². The predicted molar refractivity (Wildman–Crippen MR) is 80.6 cm³/mol. The van der Waals surface area contributed by atoms with E-state index in [1.807, 2.05) is 0 Å². The summed E-state index contributed by atoms with van der Waals surface area (Å²) < 4.78 is 5.22. The molecule has 0 spiro atoms. The molecule has 0 rings (SSSR count). The molecular formula is C14H28O9. The Morgan fingerprint density at radius 3 is 1.65 bits per heavy atom. The van der Waals surface area contributed by atoms with Crippen LogP contribution in [0, 0.1) is 10.8 Å². The van der Waals surface area contributed by atoms with Gasteiger partial charge in [-0.1, -0.05) is 6.58 Å². The van der Waals surface area contributed by atoms with Gasteiger partial charge < -0.3 is 40.5 Å². The number of hydrogen-bond acceptors (Lipinski definition) is 8. The van der Waals surface area contributed by atoms with E-state index in [4.69, 9.17) is 25.2 Å². The average Bonchev–Trinajstić information content (AvgIpc) is 2.56. The van der Waals surface area contributed by atoms with Crippen LogP contribution in [-0.4, -0.2) is 94.1 Å². The molecule has 0 aliphatic carbocycles. The first-order chi connectivity index (χ1) is 10.7. The lowest BCUT2D eigenvalue weighted by molar-refractivity contribution is -0.131. The molecule has 138 valence electrons. The Morgan fingerprint density at radius 1 is 1.04 bits per heavy atom. The lowest BCUT2D eigenvalue weighted by atomic mass is 9.85. The molecule has 0 fully saturated rings. The van der Waals surface area contributed by atoms with Gasteiger partial charge in [-0.05, 0) is 6.92 Å². The summed E-state index contributed by atoms with van der Waals surface area (Å²) in [4.78, 5) is 9.25. The van der Waals surface area contributed by atoms with Crippen LogP contribution < -0.4 is 0 Å². The highest BCUT2D eigenvalue weighted by atomic mass is 16.5. The highest BCUT2D eigenvalue weighted by molar-refractivity contribution is 5.78. The van der Waals surface area contributed by atoms with Crippen LogP contribution in [0.2, 0.25) is 0 Å². The molecular weight excluding hydrogens is 312 g/mol. The predicted octanol–water partition coefficient (Wildman–Crippen LogP) is -2.42. The zero-order chi connectivity index (χ0) is 18.5. The number of carboxylic acids is 1. The zero-order valence-corrected chi connectivity index (χ0v) is 13.3. The first-order valence-electron chi connectivity index (χ1n) is 6.88. The second-order valence-corrected chi connectivity index (χ2v) is 5.36. The van der Waals surface area contributed by atoms with E-state index in [0.717, 1.165) is 6.08 Å². The second kappa shape index (κ2) is 12.4. The Hall–Kier alpha value is -1.07. The third-order valence-electron chi connectivity index (χ3n) is 3.49. The molecule has 0 aliphatic rings. The summed E-state index contributed by atoms with van der Waals surface area (Å²) in [5.41, 5.74) is -2.37. The van der Waals surface area contributed by atoms with E-state index in [0.29, 0.717) is 0 Å². The number of carboxylic acid groups (broad SMARTS) is 1. The number of hydrogen-bond donors (Lipinski definition) is 7. The van der Waals surface area contributed by atoms with Crippen molar-refractivity contribution in [3.05, 3.63) is 12.7 Å². The molecule has 0 aliphatic heterocycles. The molecule has 0 saturated heterocycles. The van der Waals surface area contributed by atoms with Gasteiger partial charge in [0.15, 0.2) is 0 Å². The summed E-state index contributed by atoms with van der Waals surface area (Å²) in [6.45, 7) is 1.77. The molecule has 0 heterocycles. The zero-order valence-electron chi connectivity index (χ0n) is 13.3. The van der Waals surface area contributed by atoms with Crippen molar-refractivity contribution in [3.63, 3.8) is 0 Å². The molecule has 23 heavy (non-hydrogen) atoms. The van der Waals surface area contributed by atoms with Gasteiger partial charge >= 0.3 is 5.97 Å². The molecule has 7 N–H and O–H groups in total. The van der Waals surface area contributed by atoms with Crippen molar-refractivity contribution in [1.29, 1.82) is 0 Å². The van der Waals surface area contributed by atoms with Gasteiger partial charge in [0.1, 0.15) is 0 Å². The number of aliphatic hydroxyl groups is 6. The van der Waals surface area contributed by atoms with Crippen molar-refractivity contribution in [2.24, 2.45) is 10.8 Å². The van der Waals surface area contributed by atoms with Crippen LogP contribution in [0.25, 0.3) is 0 Å². The molecule has 9 heteroatoms. The number of aliphatic carboxylic acids is 1. The summed E-state index contributed by atoms with van der Waals surface area (Å²) in [5.74, 6) is -0.981. The largest absolute Gasteiger partial charge is 0.478 e. The van der Waals surface area contributed by atoms with Crippen molar-refractivity contribution >= 4 is 5.97 Å². The third-order valence-corrected chi connectivity index (χ3v) is 3.49. The maximum absolute atomic E-state index is 9.52. The molecule has 0 saturated carbocycles. The van der Waals surface area contributed by atoms with E-state index in [9.17, 15) is 20.1 Å². The monoisotopic (exact) mass is 340 g/mol. The molecule has 0 aromatic rings. The molecule has 1 unspecified atom stereocenters. The SMILES string of the molecule is C=CC(=O)O.CC(O)C(CO)(CO)COCC(CO)(CO)CO. The van der Waals surface area contributed by atoms with E-state index in [-0.39, 0.29) is 13.2 Å². The lowest BCUT2D eigenvalue weighted by Gasteiger charge is -2.34. The summed E-state index contributed by atoms with van der Waals surface area (Å²) in [6, 6.07) is 0. The van der Waals surface area contributed by atoms with Crippen LogP contribution in [-0.2, 0) is 9.53 Å². The van der Waals surface area contributed by atoms with Crippen LogP contribution in [0.15, 0.2) is 12.7 Å². The van der Waals surface area contributed by atoms with Gasteiger partial charge in [-0.2, -0.15) is 0 Å². The lowest BCUT2D eigenvalue weighted by Crippen LogP contribution is -2.46. The van der Waals surface area contributed by atoms with Crippen molar-refractivity contribution in [3.8, 4) is 0 Å². The number of aliphatic hydroxyl groups excluding tert-OH is 6. The van der Waals surface area contributed by atoms with E-state index in [1.165, 1.54) is 6.92 Å². The second-order valence-electron chi connectivity index (χ2n) is 5.36. The maximum atomic E-state index is 9.52. The van der Waals surface area contributed by atoms with E-state index in [2.05, 4.69) is 6.58 Å². The quantitative estimate of drug-likeness (QED) is 0.202. The Bertz CT molecular complexity index is 314. The van der Waals surface area contributed by atoms with Crippen molar-refractivity contribution in [2.75, 3.05) is 46.2 Å². The van der Waals surface area contributed by atoms with Crippen LogP contribution in [0.3, 0.4) is 0 Å². The topological polar surface area (TPSA) is 168 Å². The van der Waals surface area contributed by atoms with Crippen molar-refractivity contribution in [2.45, 2.75) is 13.0 Å². The number of carbonyl (C=O) groups is 1. The minimum absolute atomic E-state index is 0.148. The fourth-order valence-corrected chi connectivity index (χ4v) is 1.28. The van der Waals surface area contributed by atoms with E-state index < -0.39 is 55.9 Å². The molecule has 9 nitrogen and oxygen atoms in total. The fraction of sp³-hybridized carbons (Fsp3) is 0.786. The van der Waals surface area contributed by atoms with Crippen molar-refractivity contribution < 1.29 is 45.3 Å². The van der Waals surface area contributed by atoms with Gasteiger partial charge in [-0.25, -0.2) is 4.79 Å². The third kappa shape index (κ3) is 8.37. The van der Waals surface area contributed by atoms with E-state index in [1.54, 1.807) is 0 Å². The minimum Gasteiger partial charge on any atom is -0.478 e. The van der Waals surface area contributed by atoms with Crippen LogP contribution in [0.1, 0.15) is 6.92 Å². The molecule has 0 aromatic carbocycles. The summed E-state index contributed by atoms with van der Waals surface area (Å²) >= 11 is 0. The Labute approximate surface area is 135 Å². The highest BCUT2D eigenvalue weighted by Gasteiger charge is 2.36. The molecule has 0 bridgehead atoms. The number of rotatable bonds is 11. The maximum Gasteiger partial charge on any atom is 0.327 e.